The Labute approximate surface area is 153 Å². The lowest BCUT2D eigenvalue weighted by atomic mass is 10.1. The molecule has 0 unspecified atom stereocenters. The second-order valence-electron chi connectivity index (χ2n) is 7.44. The Morgan fingerprint density at radius 1 is 1.23 bits per heavy atom. The van der Waals surface area contributed by atoms with Gasteiger partial charge in [-0.2, -0.15) is 0 Å². The molecule has 1 aromatic rings. The number of hydrogen-bond donors (Lipinski definition) is 2. The summed E-state index contributed by atoms with van der Waals surface area (Å²) in [6.45, 7) is 3.86. The van der Waals surface area contributed by atoms with Crippen LogP contribution < -0.4 is 11.1 Å². The number of nitrogens with one attached hydrogen (secondary N) is 1. The summed E-state index contributed by atoms with van der Waals surface area (Å²) in [5.74, 6) is -0.785. The maximum atomic E-state index is 13.2. The van der Waals surface area contributed by atoms with E-state index in [-0.39, 0.29) is 42.3 Å². The molecule has 2 fully saturated rings. The van der Waals surface area contributed by atoms with E-state index in [2.05, 4.69) is 5.32 Å². The summed E-state index contributed by atoms with van der Waals surface area (Å²) in [7, 11) is -3.82. The number of benzene rings is 1. The van der Waals surface area contributed by atoms with Gasteiger partial charge in [-0.1, -0.05) is 18.2 Å². The van der Waals surface area contributed by atoms with Gasteiger partial charge in [0.05, 0.1) is 4.90 Å². The van der Waals surface area contributed by atoms with Crippen LogP contribution in [0, 0.1) is 0 Å². The smallest absolute Gasteiger partial charge is 0.245 e. The number of rotatable bonds is 5. The number of carbonyl (C=O) groups excluding carboxylic acids is 2. The predicted octanol–water partition coefficient (Wildman–Crippen LogP) is 0.446. The normalized spacial score (nSPS) is 24.5. The molecule has 3 rings (SSSR count). The van der Waals surface area contributed by atoms with Crippen LogP contribution in [0.25, 0.3) is 0 Å². The Morgan fingerprint density at radius 3 is 2.38 bits per heavy atom. The van der Waals surface area contributed by atoms with E-state index >= 15 is 0 Å². The Bertz CT molecular complexity index is 803. The molecule has 2 aliphatic rings. The summed E-state index contributed by atoms with van der Waals surface area (Å²) in [4.78, 5) is 27.2. The largest absolute Gasteiger partial charge is 0.352 e. The molecule has 8 heteroatoms. The number of likely N-dealkylation sites (tertiary alicyclic amines) is 1. The zero-order valence-electron chi connectivity index (χ0n) is 15.0. The molecule has 0 bridgehead atoms. The first-order valence-electron chi connectivity index (χ1n) is 8.86. The quantitative estimate of drug-likeness (QED) is 0.772. The van der Waals surface area contributed by atoms with Crippen LogP contribution in [-0.4, -0.2) is 54.5 Å². The van der Waals surface area contributed by atoms with Gasteiger partial charge in [-0.25, -0.2) is 8.42 Å². The van der Waals surface area contributed by atoms with Crippen LogP contribution >= 0.6 is 0 Å². The third-order valence-electron chi connectivity index (χ3n) is 4.99. The number of amides is 2. The molecule has 0 aromatic heterocycles. The van der Waals surface area contributed by atoms with Crippen LogP contribution in [0.3, 0.4) is 0 Å². The van der Waals surface area contributed by atoms with Crippen molar-refractivity contribution in [3.63, 3.8) is 0 Å². The molecule has 26 heavy (non-hydrogen) atoms. The molecule has 142 valence electrons. The average molecular weight is 379 g/mol. The van der Waals surface area contributed by atoms with Gasteiger partial charge in [-0.3, -0.25) is 9.59 Å². The second kappa shape index (κ2) is 6.66. The summed E-state index contributed by atoms with van der Waals surface area (Å²) < 4.78 is 24.7. The highest BCUT2D eigenvalue weighted by Gasteiger charge is 2.63. The first-order valence-corrected chi connectivity index (χ1v) is 10.3. The lowest BCUT2D eigenvalue weighted by Crippen LogP contribution is -2.52. The summed E-state index contributed by atoms with van der Waals surface area (Å²) in [6.07, 6.45) is 0.881. The van der Waals surface area contributed by atoms with E-state index in [1.54, 1.807) is 18.2 Å². The van der Waals surface area contributed by atoms with E-state index in [0.717, 1.165) is 0 Å². The van der Waals surface area contributed by atoms with Crippen molar-refractivity contribution in [2.45, 2.75) is 60.9 Å². The van der Waals surface area contributed by atoms with Gasteiger partial charge in [0.25, 0.3) is 0 Å². The van der Waals surface area contributed by atoms with Crippen LogP contribution in [0.15, 0.2) is 35.2 Å². The third kappa shape index (κ3) is 3.12. The molecule has 1 saturated heterocycles. The molecule has 1 heterocycles. The average Bonchev–Trinajstić information content (AvgIpc) is 3.32. The van der Waals surface area contributed by atoms with Gasteiger partial charge < -0.3 is 16.0 Å². The molecule has 2 amide bonds. The number of carbonyl (C=O) groups is 2. The molecular formula is C18H25N3O4S. The first kappa shape index (κ1) is 18.8. The zero-order chi connectivity index (χ0) is 19.1. The van der Waals surface area contributed by atoms with E-state index in [4.69, 9.17) is 5.73 Å². The molecule has 0 radical (unpaired) electrons. The van der Waals surface area contributed by atoms with Crippen LogP contribution in [0.2, 0.25) is 0 Å². The van der Waals surface area contributed by atoms with Crippen molar-refractivity contribution in [3.8, 4) is 0 Å². The summed E-state index contributed by atoms with van der Waals surface area (Å²) in [5, 5.41) is 2.79. The van der Waals surface area contributed by atoms with Gasteiger partial charge >= 0.3 is 0 Å². The summed E-state index contributed by atoms with van der Waals surface area (Å²) in [6, 6.07) is 6.88. The summed E-state index contributed by atoms with van der Waals surface area (Å²) in [5.41, 5.74) is 5.98. The minimum Gasteiger partial charge on any atom is -0.352 e. The van der Waals surface area contributed by atoms with Crippen molar-refractivity contribution >= 4 is 21.7 Å². The molecule has 7 nitrogen and oxygen atoms in total. The molecule has 3 N–H and O–H groups in total. The lowest BCUT2D eigenvalue weighted by molar-refractivity contribution is -0.138. The van der Waals surface area contributed by atoms with Gasteiger partial charge in [0.15, 0.2) is 14.6 Å². The number of hydrogen-bond acceptors (Lipinski definition) is 5. The fourth-order valence-electron chi connectivity index (χ4n) is 3.52. The molecule has 1 aromatic carbocycles. The highest BCUT2D eigenvalue weighted by Crippen LogP contribution is 2.49. The Kier molecular flexibility index (Phi) is 4.83. The minimum absolute atomic E-state index is 0.0702. The minimum atomic E-state index is -3.82. The van der Waals surface area contributed by atoms with Crippen molar-refractivity contribution in [2.24, 2.45) is 5.73 Å². The zero-order valence-corrected chi connectivity index (χ0v) is 15.8. The molecule has 1 aliphatic carbocycles. The van der Waals surface area contributed by atoms with Crippen molar-refractivity contribution < 1.29 is 18.0 Å². The first-order chi connectivity index (χ1) is 12.2. The number of nitrogens with zero attached hydrogens (tertiary/aromatic N) is 1. The highest BCUT2D eigenvalue weighted by atomic mass is 32.2. The van der Waals surface area contributed by atoms with Gasteiger partial charge in [-0.15, -0.1) is 0 Å². The predicted molar refractivity (Wildman–Crippen MR) is 97.0 cm³/mol. The van der Waals surface area contributed by atoms with E-state index in [9.17, 15) is 18.0 Å². The molecule has 0 spiro atoms. The lowest BCUT2D eigenvalue weighted by Gasteiger charge is -2.28. The van der Waals surface area contributed by atoms with Crippen molar-refractivity contribution in [3.05, 3.63) is 30.3 Å². The number of sulfone groups is 1. The van der Waals surface area contributed by atoms with Crippen LogP contribution in [0.1, 0.15) is 33.1 Å². The van der Waals surface area contributed by atoms with Gasteiger partial charge in [0, 0.05) is 18.6 Å². The fourth-order valence-corrected chi connectivity index (χ4v) is 5.47. The second-order valence-corrected chi connectivity index (χ2v) is 9.70. The van der Waals surface area contributed by atoms with Gasteiger partial charge in [0.2, 0.25) is 11.8 Å². The van der Waals surface area contributed by atoms with E-state index in [0.29, 0.717) is 6.42 Å². The molecule has 1 saturated carbocycles. The molecule has 1 aliphatic heterocycles. The van der Waals surface area contributed by atoms with Gasteiger partial charge in [-0.05, 0) is 45.2 Å². The maximum absolute atomic E-state index is 13.2. The monoisotopic (exact) mass is 379 g/mol. The van der Waals surface area contributed by atoms with Gasteiger partial charge in [0.1, 0.15) is 6.04 Å². The van der Waals surface area contributed by atoms with Crippen molar-refractivity contribution in [1.29, 1.82) is 0 Å². The topological polar surface area (TPSA) is 110 Å². The van der Waals surface area contributed by atoms with Crippen LogP contribution in [-0.2, 0) is 19.4 Å². The van der Waals surface area contributed by atoms with Crippen LogP contribution in [0.5, 0.6) is 0 Å². The Balaban J connectivity index is 1.89. The SMILES string of the molecule is CC(C)NC(=O)[C@@H]1C[C@@H](N)CN1C(=O)C1(S(=O)(=O)c2ccccc2)CC1. The van der Waals surface area contributed by atoms with E-state index < -0.39 is 26.5 Å². The van der Waals surface area contributed by atoms with Crippen molar-refractivity contribution in [2.75, 3.05) is 6.54 Å². The molecular weight excluding hydrogens is 354 g/mol. The van der Waals surface area contributed by atoms with E-state index in [1.807, 2.05) is 13.8 Å². The van der Waals surface area contributed by atoms with E-state index in [1.165, 1.54) is 17.0 Å². The fraction of sp³-hybridized carbons (Fsp3) is 0.556. The summed E-state index contributed by atoms with van der Waals surface area (Å²) >= 11 is 0. The Hall–Kier alpha value is -1.93. The van der Waals surface area contributed by atoms with Crippen LogP contribution in [0.4, 0.5) is 0 Å². The molecule has 2 atom stereocenters. The van der Waals surface area contributed by atoms with Crippen molar-refractivity contribution in [1.82, 2.24) is 10.2 Å². The Morgan fingerprint density at radius 2 is 1.85 bits per heavy atom. The standard InChI is InChI=1S/C18H25N3O4S/c1-12(2)20-16(22)15-10-13(19)11-21(15)17(23)18(8-9-18)26(24,25)14-6-4-3-5-7-14/h3-7,12-13,15H,8-11,19H2,1-2H3,(H,20,22)/t13-,15+/m1/s1. The highest BCUT2D eigenvalue weighted by molar-refractivity contribution is 7.94. The maximum Gasteiger partial charge on any atom is 0.245 e. The number of nitrogens with two attached hydrogens (primary N) is 1. The third-order valence-corrected chi connectivity index (χ3v) is 7.49.